The molecule has 0 bridgehead atoms. The maximum absolute atomic E-state index is 12.2. The van der Waals surface area contributed by atoms with Crippen molar-refractivity contribution in [2.24, 2.45) is 0 Å². The third-order valence-electron chi connectivity index (χ3n) is 3.20. The van der Waals surface area contributed by atoms with Crippen molar-refractivity contribution in [1.29, 1.82) is 0 Å². The van der Waals surface area contributed by atoms with Gasteiger partial charge in [-0.1, -0.05) is 12.8 Å². The van der Waals surface area contributed by atoms with Crippen molar-refractivity contribution < 1.29 is 4.79 Å². The first-order valence-electron chi connectivity index (χ1n) is 6.28. The maximum Gasteiger partial charge on any atom is 0.320 e. The number of rotatable bonds is 2. The van der Waals surface area contributed by atoms with E-state index in [1.807, 2.05) is 16.8 Å². The molecule has 0 spiro atoms. The Morgan fingerprint density at radius 1 is 1.35 bits per heavy atom. The van der Waals surface area contributed by atoms with E-state index in [2.05, 4.69) is 16.8 Å². The fraction of sp³-hybridized carbons (Fsp3) is 0.615. The molecule has 0 aliphatic carbocycles. The van der Waals surface area contributed by atoms with Gasteiger partial charge in [0.25, 0.3) is 0 Å². The van der Waals surface area contributed by atoms with Gasteiger partial charge in [0, 0.05) is 26.7 Å². The molecule has 94 valence electrons. The zero-order valence-electron chi connectivity index (χ0n) is 10.4. The molecule has 1 aromatic rings. The fourth-order valence-corrected chi connectivity index (χ4v) is 2.89. The largest absolute Gasteiger partial charge is 0.325 e. The van der Waals surface area contributed by atoms with Crippen molar-refractivity contribution in [3.8, 4) is 0 Å². The van der Waals surface area contributed by atoms with E-state index in [0.717, 1.165) is 32.5 Å². The minimum absolute atomic E-state index is 0.179. The van der Waals surface area contributed by atoms with E-state index in [4.69, 9.17) is 0 Å². The van der Waals surface area contributed by atoms with E-state index in [9.17, 15) is 4.79 Å². The van der Waals surface area contributed by atoms with Crippen LogP contribution >= 0.6 is 11.3 Å². The number of amides is 2. The van der Waals surface area contributed by atoms with Crippen LogP contribution in [-0.2, 0) is 6.54 Å². The van der Waals surface area contributed by atoms with Crippen molar-refractivity contribution in [2.45, 2.75) is 32.2 Å². The molecule has 0 radical (unpaired) electrons. The Hall–Kier alpha value is -1.03. The first kappa shape index (κ1) is 12.4. The van der Waals surface area contributed by atoms with Gasteiger partial charge >= 0.3 is 6.03 Å². The average Bonchev–Trinajstić information content (AvgIpc) is 2.68. The summed E-state index contributed by atoms with van der Waals surface area (Å²) in [6.07, 6.45) is 4.83. The number of carbonyl (C=O) groups excluding carboxylic acids is 1. The molecule has 1 saturated heterocycles. The molecule has 2 rings (SSSR count). The minimum atomic E-state index is 0.179. The molecular weight excluding hydrogens is 232 g/mol. The monoisotopic (exact) mass is 252 g/mol. The van der Waals surface area contributed by atoms with Crippen molar-refractivity contribution >= 4 is 17.4 Å². The van der Waals surface area contributed by atoms with Crippen molar-refractivity contribution in [3.63, 3.8) is 0 Å². The van der Waals surface area contributed by atoms with Gasteiger partial charge in [-0.05, 0) is 35.2 Å². The van der Waals surface area contributed by atoms with E-state index in [-0.39, 0.29) is 6.03 Å². The lowest BCUT2D eigenvalue weighted by Crippen LogP contribution is -2.41. The van der Waals surface area contributed by atoms with Crippen LogP contribution < -0.4 is 0 Å². The summed E-state index contributed by atoms with van der Waals surface area (Å²) in [5.74, 6) is 0. The van der Waals surface area contributed by atoms with Crippen LogP contribution in [0.1, 0.15) is 31.2 Å². The average molecular weight is 252 g/mol. The van der Waals surface area contributed by atoms with Crippen LogP contribution in [0.25, 0.3) is 0 Å². The fourth-order valence-electron chi connectivity index (χ4n) is 2.23. The van der Waals surface area contributed by atoms with Crippen LogP contribution in [0.4, 0.5) is 4.79 Å². The zero-order valence-corrected chi connectivity index (χ0v) is 11.2. The second-order valence-corrected chi connectivity index (χ2v) is 5.45. The van der Waals surface area contributed by atoms with Gasteiger partial charge in [-0.2, -0.15) is 11.3 Å². The van der Waals surface area contributed by atoms with Crippen LogP contribution in [0, 0.1) is 0 Å². The van der Waals surface area contributed by atoms with Crippen LogP contribution in [-0.4, -0.2) is 36.0 Å². The number of carbonyl (C=O) groups is 1. The highest BCUT2D eigenvalue weighted by atomic mass is 32.1. The van der Waals surface area contributed by atoms with Crippen LogP contribution in [0.15, 0.2) is 16.8 Å². The zero-order chi connectivity index (χ0) is 12.1. The number of hydrogen-bond acceptors (Lipinski definition) is 2. The number of likely N-dealkylation sites (tertiary alicyclic amines) is 1. The van der Waals surface area contributed by atoms with Crippen molar-refractivity contribution in [3.05, 3.63) is 22.4 Å². The second kappa shape index (κ2) is 6.05. The van der Waals surface area contributed by atoms with Gasteiger partial charge in [0.1, 0.15) is 0 Å². The Morgan fingerprint density at radius 3 is 2.65 bits per heavy atom. The number of thiophene rings is 1. The first-order chi connectivity index (χ1) is 8.27. The molecule has 0 aromatic carbocycles. The van der Waals surface area contributed by atoms with E-state index in [1.54, 1.807) is 11.3 Å². The molecule has 3 nitrogen and oxygen atoms in total. The molecule has 1 aliphatic rings. The molecule has 2 amide bonds. The van der Waals surface area contributed by atoms with E-state index in [1.165, 1.54) is 18.4 Å². The summed E-state index contributed by atoms with van der Waals surface area (Å²) >= 11 is 1.68. The number of nitrogens with zero attached hydrogens (tertiary/aromatic N) is 2. The summed E-state index contributed by atoms with van der Waals surface area (Å²) in [5.41, 5.74) is 1.22. The molecule has 2 heterocycles. The number of hydrogen-bond donors (Lipinski definition) is 0. The van der Waals surface area contributed by atoms with Gasteiger partial charge < -0.3 is 9.80 Å². The van der Waals surface area contributed by atoms with Gasteiger partial charge in [-0.15, -0.1) is 0 Å². The third kappa shape index (κ3) is 3.46. The minimum Gasteiger partial charge on any atom is -0.325 e. The summed E-state index contributed by atoms with van der Waals surface area (Å²) in [7, 11) is 1.89. The molecule has 0 unspecified atom stereocenters. The van der Waals surface area contributed by atoms with Crippen LogP contribution in [0.2, 0.25) is 0 Å². The van der Waals surface area contributed by atoms with Crippen LogP contribution in [0.3, 0.4) is 0 Å². The molecule has 17 heavy (non-hydrogen) atoms. The highest BCUT2D eigenvalue weighted by Crippen LogP contribution is 2.13. The van der Waals surface area contributed by atoms with Gasteiger partial charge in [0.15, 0.2) is 0 Å². The summed E-state index contributed by atoms with van der Waals surface area (Å²) < 4.78 is 0. The SMILES string of the molecule is CN(Cc1ccsc1)C(=O)N1CCCCCC1. The highest BCUT2D eigenvalue weighted by molar-refractivity contribution is 7.07. The number of urea groups is 1. The normalized spacial score (nSPS) is 16.6. The van der Waals surface area contributed by atoms with Gasteiger partial charge in [0.2, 0.25) is 0 Å². The summed E-state index contributed by atoms with van der Waals surface area (Å²) in [4.78, 5) is 16.1. The molecule has 4 heteroatoms. The molecule has 1 fully saturated rings. The van der Waals surface area contributed by atoms with Gasteiger partial charge in [0.05, 0.1) is 0 Å². The topological polar surface area (TPSA) is 23.6 Å². The predicted molar refractivity (Wildman–Crippen MR) is 71.2 cm³/mol. The lowest BCUT2D eigenvalue weighted by atomic mass is 10.2. The molecule has 0 saturated carbocycles. The molecule has 0 N–H and O–H groups in total. The molecular formula is C13H20N2OS. The van der Waals surface area contributed by atoms with Gasteiger partial charge in [-0.3, -0.25) is 0 Å². The Labute approximate surface area is 107 Å². The van der Waals surface area contributed by atoms with Crippen LogP contribution in [0.5, 0.6) is 0 Å². The van der Waals surface area contributed by atoms with Crippen molar-refractivity contribution in [2.75, 3.05) is 20.1 Å². The quantitative estimate of drug-likeness (QED) is 0.793. The molecule has 1 aliphatic heterocycles. The summed E-state index contributed by atoms with van der Waals surface area (Å²) in [6.45, 7) is 2.57. The predicted octanol–water partition coefficient (Wildman–Crippen LogP) is 3.18. The standard InChI is InChI=1S/C13H20N2OS/c1-14(10-12-6-9-17-11-12)13(16)15-7-4-2-3-5-8-15/h6,9,11H,2-5,7-8,10H2,1H3. The smallest absolute Gasteiger partial charge is 0.320 e. The van der Waals surface area contributed by atoms with E-state index >= 15 is 0 Å². The highest BCUT2D eigenvalue weighted by Gasteiger charge is 2.19. The molecule has 1 aromatic heterocycles. The van der Waals surface area contributed by atoms with Crippen molar-refractivity contribution in [1.82, 2.24) is 9.80 Å². The Kier molecular flexibility index (Phi) is 4.42. The first-order valence-corrected chi connectivity index (χ1v) is 7.23. The second-order valence-electron chi connectivity index (χ2n) is 4.67. The summed E-state index contributed by atoms with van der Waals surface area (Å²) in [6, 6.07) is 2.26. The lowest BCUT2D eigenvalue weighted by Gasteiger charge is -2.26. The van der Waals surface area contributed by atoms with E-state index < -0.39 is 0 Å². The lowest BCUT2D eigenvalue weighted by molar-refractivity contribution is 0.162. The maximum atomic E-state index is 12.2. The Bertz CT molecular complexity index is 342. The summed E-state index contributed by atoms with van der Waals surface area (Å²) in [5, 5.41) is 4.16. The molecule has 0 atom stereocenters. The third-order valence-corrected chi connectivity index (χ3v) is 3.94. The van der Waals surface area contributed by atoms with E-state index in [0.29, 0.717) is 0 Å². The van der Waals surface area contributed by atoms with Gasteiger partial charge in [-0.25, -0.2) is 4.79 Å². The Morgan fingerprint density at radius 2 is 2.06 bits per heavy atom. The Balaban J connectivity index is 1.89.